The molecule has 2 aromatic carbocycles. The number of benzene rings is 2. The van der Waals surface area contributed by atoms with E-state index in [1.807, 2.05) is 0 Å². The second-order valence-electron chi connectivity index (χ2n) is 4.80. The lowest BCUT2D eigenvalue weighted by Crippen LogP contribution is -2.10. The number of alkyl halides is 3. The standard InChI is InChI=1S/C17H10F3NO2/c18-17(19,20)12-5-3-4-11(10-12)13-8-9-16(22)23-15-7-2-1-6-14(15)21-13/h1-10H/b9-8-,21-13?. The molecule has 0 atom stereocenters. The van der Waals surface area contributed by atoms with Gasteiger partial charge in [0, 0.05) is 11.6 Å². The second-order valence-corrected chi connectivity index (χ2v) is 4.80. The lowest BCUT2D eigenvalue weighted by Gasteiger charge is -2.12. The molecule has 0 unspecified atom stereocenters. The van der Waals surface area contributed by atoms with E-state index in [2.05, 4.69) is 4.99 Å². The largest absolute Gasteiger partial charge is 0.421 e. The Morgan fingerprint density at radius 2 is 1.74 bits per heavy atom. The Morgan fingerprint density at radius 3 is 2.52 bits per heavy atom. The zero-order chi connectivity index (χ0) is 16.4. The maximum Gasteiger partial charge on any atom is 0.416 e. The Hall–Kier alpha value is -2.89. The van der Waals surface area contributed by atoms with Crippen LogP contribution < -0.4 is 4.74 Å². The molecule has 0 fully saturated rings. The first-order valence-electron chi connectivity index (χ1n) is 6.69. The molecule has 0 aliphatic carbocycles. The molecule has 3 rings (SSSR count). The highest BCUT2D eigenvalue weighted by molar-refractivity contribution is 6.12. The highest BCUT2D eigenvalue weighted by Gasteiger charge is 2.30. The number of carbonyl (C=O) groups excluding carboxylic acids is 1. The van der Waals surface area contributed by atoms with Gasteiger partial charge in [-0.15, -0.1) is 0 Å². The predicted octanol–water partition coefficient (Wildman–Crippen LogP) is 4.30. The van der Waals surface area contributed by atoms with Crippen molar-refractivity contribution in [1.29, 1.82) is 0 Å². The molecule has 1 heterocycles. The van der Waals surface area contributed by atoms with E-state index < -0.39 is 17.7 Å². The van der Waals surface area contributed by atoms with Crippen molar-refractivity contribution in [2.75, 3.05) is 0 Å². The SMILES string of the molecule is O=C1/C=C\C(c2cccc(C(F)(F)F)c2)=Nc2ccccc2O1. The Kier molecular flexibility index (Phi) is 3.73. The smallest absolute Gasteiger partial charge is 0.416 e. The fourth-order valence-corrected chi connectivity index (χ4v) is 2.11. The number of para-hydroxylation sites is 2. The normalized spacial score (nSPS) is 15.8. The maximum absolute atomic E-state index is 12.8. The predicted molar refractivity (Wildman–Crippen MR) is 78.9 cm³/mol. The van der Waals surface area contributed by atoms with E-state index in [4.69, 9.17) is 4.74 Å². The third kappa shape index (κ3) is 3.31. The monoisotopic (exact) mass is 317 g/mol. The lowest BCUT2D eigenvalue weighted by atomic mass is 10.1. The zero-order valence-electron chi connectivity index (χ0n) is 11.7. The molecule has 3 nitrogen and oxygen atoms in total. The van der Waals surface area contributed by atoms with Crippen LogP contribution in [0.15, 0.2) is 65.7 Å². The van der Waals surface area contributed by atoms with Crippen molar-refractivity contribution in [1.82, 2.24) is 0 Å². The van der Waals surface area contributed by atoms with Gasteiger partial charge in [-0.1, -0.05) is 24.3 Å². The van der Waals surface area contributed by atoms with Crippen LogP contribution in [0.2, 0.25) is 0 Å². The minimum absolute atomic E-state index is 0.250. The van der Waals surface area contributed by atoms with Crippen molar-refractivity contribution in [3.05, 3.63) is 71.8 Å². The van der Waals surface area contributed by atoms with Crippen LogP contribution in [-0.4, -0.2) is 11.7 Å². The van der Waals surface area contributed by atoms with E-state index >= 15 is 0 Å². The molecule has 2 aromatic rings. The number of allylic oxidation sites excluding steroid dienone is 1. The van der Waals surface area contributed by atoms with E-state index in [0.717, 1.165) is 18.2 Å². The summed E-state index contributed by atoms with van der Waals surface area (Å²) < 4.78 is 43.6. The molecule has 0 saturated carbocycles. The Labute approximate surface area is 129 Å². The van der Waals surface area contributed by atoms with Crippen molar-refractivity contribution in [3.63, 3.8) is 0 Å². The molecule has 23 heavy (non-hydrogen) atoms. The first-order chi connectivity index (χ1) is 10.9. The Morgan fingerprint density at radius 1 is 0.957 bits per heavy atom. The molecule has 0 saturated heterocycles. The van der Waals surface area contributed by atoms with Gasteiger partial charge in [0.15, 0.2) is 5.75 Å². The fraction of sp³-hybridized carbons (Fsp3) is 0.0588. The number of nitrogens with zero attached hydrogens (tertiary/aromatic N) is 1. The summed E-state index contributed by atoms with van der Waals surface area (Å²) in [4.78, 5) is 16.0. The fourth-order valence-electron chi connectivity index (χ4n) is 2.11. The highest BCUT2D eigenvalue weighted by Crippen LogP contribution is 2.32. The first kappa shape index (κ1) is 15.0. The zero-order valence-corrected chi connectivity index (χ0v) is 11.7. The topological polar surface area (TPSA) is 38.7 Å². The molecule has 116 valence electrons. The minimum atomic E-state index is -4.45. The number of carbonyl (C=O) groups is 1. The van der Waals surface area contributed by atoms with Gasteiger partial charge in [0.1, 0.15) is 5.69 Å². The number of esters is 1. The van der Waals surface area contributed by atoms with Crippen molar-refractivity contribution in [3.8, 4) is 5.75 Å². The van der Waals surface area contributed by atoms with Gasteiger partial charge in [-0.2, -0.15) is 13.2 Å². The number of hydrogen-bond donors (Lipinski definition) is 0. The third-order valence-electron chi connectivity index (χ3n) is 3.18. The van der Waals surface area contributed by atoms with E-state index in [0.29, 0.717) is 5.69 Å². The highest BCUT2D eigenvalue weighted by atomic mass is 19.4. The Bertz CT molecular complexity index is 823. The number of rotatable bonds is 1. The van der Waals surface area contributed by atoms with Gasteiger partial charge >= 0.3 is 12.1 Å². The van der Waals surface area contributed by atoms with Crippen LogP contribution in [-0.2, 0) is 11.0 Å². The van der Waals surface area contributed by atoms with Crippen LogP contribution >= 0.6 is 0 Å². The van der Waals surface area contributed by atoms with Crippen molar-refractivity contribution in [2.45, 2.75) is 6.18 Å². The molecule has 0 N–H and O–H groups in total. The summed E-state index contributed by atoms with van der Waals surface area (Å²) in [5, 5.41) is 0. The number of hydrogen-bond acceptors (Lipinski definition) is 3. The van der Waals surface area contributed by atoms with Crippen LogP contribution in [0, 0.1) is 0 Å². The molecule has 6 heteroatoms. The molecule has 0 spiro atoms. The molecule has 0 radical (unpaired) electrons. The van der Waals surface area contributed by atoms with Gasteiger partial charge in [-0.05, 0) is 30.3 Å². The average Bonchev–Trinajstić information content (AvgIpc) is 2.50. The summed E-state index contributed by atoms with van der Waals surface area (Å²) in [7, 11) is 0. The first-order valence-corrected chi connectivity index (χ1v) is 6.69. The third-order valence-corrected chi connectivity index (χ3v) is 3.18. The summed E-state index contributed by atoms with van der Waals surface area (Å²) in [5.74, 6) is -0.358. The van der Waals surface area contributed by atoms with E-state index in [9.17, 15) is 18.0 Å². The molecule has 1 aliphatic rings. The summed E-state index contributed by atoms with van der Waals surface area (Å²) in [6.07, 6.45) is -1.97. The molecule has 0 aromatic heterocycles. The van der Waals surface area contributed by atoms with Crippen LogP contribution in [0.4, 0.5) is 18.9 Å². The minimum Gasteiger partial charge on any atom is -0.421 e. The van der Waals surface area contributed by atoms with Crippen molar-refractivity contribution < 1.29 is 22.7 Å². The number of ether oxygens (including phenoxy) is 1. The summed E-state index contributed by atoms with van der Waals surface area (Å²) in [6, 6.07) is 11.4. The van der Waals surface area contributed by atoms with Gasteiger partial charge in [0.05, 0.1) is 11.3 Å². The second kappa shape index (κ2) is 5.72. The van der Waals surface area contributed by atoms with E-state index in [-0.39, 0.29) is 17.0 Å². The van der Waals surface area contributed by atoms with E-state index in [1.165, 1.54) is 18.2 Å². The van der Waals surface area contributed by atoms with Gasteiger partial charge in [0.25, 0.3) is 0 Å². The quantitative estimate of drug-likeness (QED) is 0.581. The molecule has 0 bridgehead atoms. The van der Waals surface area contributed by atoms with Crippen LogP contribution in [0.3, 0.4) is 0 Å². The summed E-state index contributed by atoms with van der Waals surface area (Å²) in [5.41, 5.74) is 0.113. The molecular weight excluding hydrogens is 307 g/mol. The van der Waals surface area contributed by atoms with E-state index in [1.54, 1.807) is 24.3 Å². The average molecular weight is 317 g/mol. The van der Waals surface area contributed by atoms with Crippen LogP contribution in [0.5, 0.6) is 5.75 Å². The number of halogens is 3. The molecular formula is C17H10F3NO2. The van der Waals surface area contributed by atoms with Gasteiger partial charge in [-0.25, -0.2) is 9.79 Å². The summed E-state index contributed by atoms with van der Waals surface area (Å²) >= 11 is 0. The summed E-state index contributed by atoms with van der Waals surface area (Å²) in [6.45, 7) is 0. The van der Waals surface area contributed by atoms with Crippen LogP contribution in [0.1, 0.15) is 11.1 Å². The van der Waals surface area contributed by atoms with Gasteiger partial charge < -0.3 is 4.74 Å². The number of fused-ring (bicyclic) bond motifs is 1. The number of aliphatic imine (C=N–C) groups is 1. The van der Waals surface area contributed by atoms with Gasteiger partial charge in [0.2, 0.25) is 0 Å². The molecule has 1 aliphatic heterocycles. The molecule has 0 amide bonds. The van der Waals surface area contributed by atoms with Gasteiger partial charge in [-0.3, -0.25) is 0 Å². The van der Waals surface area contributed by atoms with Crippen molar-refractivity contribution in [2.24, 2.45) is 4.99 Å². The Balaban J connectivity index is 2.12. The maximum atomic E-state index is 12.8. The van der Waals surface area contributed by atoms with Crippen molar-refractivity contribution >= 4 is 17.4 Å². The van der Waals surface area contributed by atoms with Crippen LogP contribution in [0.25, 0.3) is 0 Å². The lowest BCUT2D eigenvalue weighted by molar-refractivity contribution is -0.137.